The second kappa shape index (κ2) is 4.20. The molecule has 0 saturated carbocycles. The molecule has 2 aromatic heterocycles. The maximum absolute atomic E-state index is 11.6. The fourth-order valence-electron chi connectivity index (χ4n) is 2.06. The van der Waals surface area contributed by atoms with E-state index in [9.17, 15) is 9.90 Å². The lowest BCUT2D eigenvalue weighted by Crippen LogP contribution is -1.97. The highest BCUT2D eigenvalue weighted by atomic mass is 32.1. The van der Waals surface area contributed by atoms with Crippen molar-refractivity contribution in [1.82, 2.24) is 4.98 Å². The molecule has 0 amide bonds. The minimum Gasteiger partial charge on any atom is -0.505 e. The first-order valence-electron chi connectivity index (χ1n) is 5.71. The van der Waals surface area contributed by atoms with E-state index in [1.54, 1.807) is 6.20 Å². The number of rotatable bonds is 1. The summed E-state index contributed by atoms with van der Waals surface area (Å²) in [6.45, 7) is 1.99. The molecule has 19 heavy (non-hydrogen) atoms. The summed E-state index contributed by atoms with van der Waals surface area (Å²) in [5.74, 6) is -0.581. The van der Waals surface area contributed by atoms with Crippen molar-refractivity contribution >= 4 is 38.3 Å². The number of fused-ring (bicyclic) bond motifs is 3. The van der Waals surface area contributed by atoms with Crippen LogP contribution in [0.15, 0.2) is 24.4 Å². The lowest BCUT2D eigenvalue weighted by molar-refractivity contribution is 0.0603. The molecule has 1 N–H and O–H groups in total. The minimum atomic E-state index is -0.528. The number of aryl methyl sites for hydroxylation is 1. The van der Waals surface area contributed by atoms with Crippen LogP contribution in [0.5, 0.6) is 5.75 Å². The van der Waals surface area contributed by atoms with Crippen molar-refractivity contribution in [3.8, 4) is 5.75 Å². The van der Waals surface area contributed by atoms with Crippen molar-refractivity contribution in [2.24, 2.45) is 0 Å². The van der Waals surface area contributed by atoms with Crippen LogP contribution in [0.4, 0.5) is 0 Å². The first-order valence-corrected chi connectivity index (χ1v) is 6.52. The van der Waals surface area contributed by atoms with Crippen LogP contribution in [0, 0.1) is 6.92 Å². The lowest BCUT2D eigenvalue weighted by Gasteiger charge is -2.00. The lowest BCUT2D eigenvalue weighted by atomic mass is 10.1. The Balaban J connectivity index is 2.42. The van der Waals surface area contributed by atoms with Crippen LogP contribution in [-0.4, -0.2) is 23.2 Å². The summed E-state index contributed by atoms with van der Waals surface area (Å²) >= 11 is 1.23. The molecule has 0 fully saturated rings. The topological polar surface area (TPSA) is 59.4 Å². The van der Waals surface area contributed by atoms with Gasteiger partial charge in [-0.25, -0.2) is 4.79 Å². The molecule has 0 aliphatic carbocycles. The number of pyridine rings is 1. The van der Waals surface area contributed by atoms with Crippen LogP contribution >= 0.6 is 11.3 Å². The zero-order chi connectivity index (χ0) is 13.6. The second-order valence-corrected chi connectivity index (χ2v) is 5.31. The molecule has 4 nitrogen and oxygen atoms in total. The predicted octanol–water partition coefficient (Wildman–Crippen LogP) is 3.25. The molecule has 96 valence electrons. The Morgan fingerprint density at radius 3 is 2.89 bits per heavy atom. The number of thiophene rings is 1. The maximum Gasteiger partial charge on any atom is 0.351 e. The molecule has 0 saturated heterocycles. The van der Waals surface area contributed by atoms with Gasteiger partial charge in [0, 0.05) is 16.3 Å². The zero-order valence-electron chi connectivity index (χ0n) is 10.4. The third kappa shape index (κ3) is 1.74. The quantitative estimate of drug-likeness (QED) is 0.691. The summed E-state index contributed by atoms with van der Waals surface area (Å²) in [5, 5.41) is 11.6. The van der Waals surface area contributed by atoms with Crippen LogP contribution in [-0.2, 0) is 4.74 Å². The number of carbonyl (C=O) groups is 1. The fourth-order valence-corrected chi connectivity index (χ4v) is 3.17. The van der Waals surface area contributed by atoms with Gasteiger partial charge in [-0.2, -0.15) is 0 Å². The minimum absolute atomic E-state index is 0.0530. The molecule has 0 atom stereocenters. The van der Waals surface area contributed by atoms with E-state index < -0.39 is 5.97 Å². The Morgan fingerprint density at radius 1 is 1.37 bits per heavy atom. The molecular weight excluding hydrogens is 262 g/mol. The van der Waals surface area contributed by atoms with Gasteiger partial charge in [-0.3, -0.25) is 4.98 Å². The van der Waals surface area contributed by atoms with E-state index in [1.807, 2.05) is 25.1 Å². The summed E-state index contributed by atoms with van der Waals surface area (Å²) in [6.07, 6.45) is 1.59. The molecule has 5 heteroatoms. The number of ether oxygens (including phenoxy) is 1. The number of hydrogen-bond acceptors (Lipinski definition) is 5. The number of benzene rings is 1. The molecule has 0 radical (unpaired) electrons. The standard InChI is InChI=1S/C14H11NO3S/c1-7-3-4-10-8(5-7)12-9(6-15-10)11(16)13(19-12)14(17)18-2/h3-6,16H,1-2H3. The normalized spacial score (nSPS) is 11.1. The van der Waals surface area contributed by atoms with E-state index in [0.717, 1.165) is 21.2 Å². The molecule has 1 aromatic carbocycles. The van der Waals surface area contributed by atoms with Gasteiger partial charge in [0.2, 0.25) is 0 Å². The number of nitrogens with zero attached hydrogens (tertiary/aromatic N) is 1. The summed E-state index contributed by atoms with van der Waals surface area (Å²) in [6, 6.07) is 5.91. The number of aromatic nitrogens is 1. The van der Waals surface area contributed by atoms with Gasteiger partial charge in [-0.15, -0.1) is 11.3 Å². The summed E-state index contributed by atoms with van der Waals surface area (Å²) in [5.41, 5.74) is 1.95. The number of hydrogen-bond donors (Lipinski definition) is 1. The average molecular weight is 273 g/mol. The maximum atomic E-state index is 11.6. The zero-order valence-corrected chi connectivity index (χ0v) is 11.2. The van der Waals surface area contributed by atoms with E-state index in [2.05, 4.69) is 9.72 Å². The van der Waals surface area contributed by atoms with Gasteiger partial charge in [0.15, 0.2) is 4.88 Å². The van der Waals surface area contributed by atoms with Crippen molar-refractivity contribution in [3.05, 3.63) is 34.8 Å². The van der Waals surface area contributed by atoms with Crippen molar-refractivity contribution in [3.63, 3.8) is 0 Å². The van der Waals surface area contributed by atoms with E-state index in [1.165, 1.54) is 18.4 Å². The Hall–Kier alpha value is -2.14. The largest absolute Gasteiger partial charge is 0.505 e. The van der Waals surface area contributed by atoms with Gasteiger partial charge in [0.25, 0.3) is 0 Å². The molecule has 0 bridgehead atoms. The highest BCUT2D eigenvalue weighted by Gasteiger charge is 2.20. The number of methoxy groups -OCH3 is 1. The average Bonchev–Trinajstić information content (AvgIpc) is 2.76. The van der Waals surface area contributed by atoms with E-state index in [-0.39, 0.29) is 10.6 Å². The molecule has 3 aromatic rings. The third-order valence-corrected chi connectivity index (χ3v) is 4.23. The van der Waals surface area contributed by atoms with Gasteiger partial charge in [-0.1, -0.05) is 11.6 Å². The summed E-state index contributed by atoms with van der Waals surface area (Å²) < 4.78 is 5.53. The fraction of sp³-hybridized carbons (Fsp3) is 0.143. The SMILES string of the molecule is COC(=O)c1sc2c(cnc3ccc(C)cc32)c1O. The first kappa shape index (κ1) is 11.9. The highest BCUT2D eigenvalue weighted by molar-refractivity contribution is 7.22. The highest BCUT2D eigenvalue weighted by Crippen LogP contribution is 2.40. The number of esters is 1. The van der Waals surface area contributed by atoms with Gasteiger partial charge < -0.3 is 9.84 Å². The van der Waals surface area contributed by atoms with Crippen LogP contribution < -0.4 is 0 Å². The molecule has 2 heterocycles. The predicted molar refractivity (Wildman–Crippen MR) is 74.9 cm³/mol. The number of carbonyl (C=O) groups excluding carboxylic acids is 1. The van der Waals surface area contributed by atoms with Gasteiger partial charge >= 0.3 is 5.97 Å². The summed E-state index contributed by atoms with van der Waals surface area (Å²) in [7, 11) is 1.30. The molecule has 0 unspecified atom stereocenters. The van der Waals surface area contributed by atoms with Crippen LogP contribution in [0.3, 0.4) is 0 Å². The van der Waals surface area contributed by atoms with Gasteiger partial charge in [0.05, 0.1) is 18.0 Å². The smallest absolute Gasteiger partial charge is 0.351 e. The van der Waals surface area contributed by atoms with E-state index in [0.29, 0.717) is 5.39 Å². The molecule has 0 aliphatic rings. The Kier molecular flexibility index (Phi) is 2.64. The third-order valence-electron chi connectivity index (χ3n) is 3.02. The van der Waals surface area contributed by atoms with Crippen LogP contribution in [0.1, 0.15) is 15.2 Å². The van der Waals surface area contributed by atoms with E-state index in [4.69, 9.17) is 0 Å². The van der Waals surface area contributed by atoms with Crippen molar-refractivity contribution in [2.45, 2.75) is 6.92 Å². The van der Waals surface area contributed by atoms with Crippen molar-refractivity contribution in [1.29, 1.82) is 0 Å². The monoisotopic (exact) mass is 273 g/mol. The second-order valence-electron chi connectivity index (χ2n) is 4.29. The molecule has 0 spiro atoms. The summed E-state index contributed by atoms with van der Waals surface area (Å²) in [4.78, 5) is 16.1. The van der Waals surface area contributed by atoms with Crippen LogP contribution in [0.25, 0.3) is 21.0 Å². The van der Waals surface area contributed by atoms with Gasteiger partial charge in [-0.05, 0) is 19.1 Å². The van der Waals surface area contributed by atoms with Gasteiger partial charge in [0.1, 0.15) is 5.75 Å². The Labute approximate surface area is 113 Å². The molecule has 0 aliphatic heterocycles. The van der Waals surface area contributed by atoms with Crippen molar-refractivity contribution in [2.75, 3.05) is 7.11 Å². The Bertz CT molecular complexity index is 807. The van der Waals surface area contributed by atoms with E-state index >= 15 is 0 Å². The van der Waals surface area contributed by atoms with Crippen LogP contribution in [0.2, 0.25) is 0 Å². The molecular formula is C14H11NO3S. The molecule has 3 rings (SSSR count). The van der Waals surface area contributed by atoms with Crippen molar-refractivity contribution < 1.29 is 14.6 Å². The number of aromatic hydroxyl groups is 1. The Morgan fingerprint density at radius 2 is 2.16 bits per heavy atom. The first-order chi connectivity index (χ1) is 9.11.